The molecule has 1 fully saturated rings. The summed E-state index contributed by atoms with van der Waals surface area (Å²) in [4.78, 5) is 12.6. The molecule has 1 aromatic rings. The Morgan fingerprint density at radius 1 is 1.25 bits per heavy atom. The van der Waals surface area contributed by atoms with Gasteiger partial charge in [-0.3, -0.25) is 4.79 Å². The largest absolute Gasteiger partial charge is 0.353 e. The number of amides is 1. The van der Waals surface area contributed by atoms with Gasteiger partial charge in [-0.1, -0.05) is 25.4 Å². The van der Waals surface area contributed by atoms with Gasteiger partial charge < -0.3 is 5.32 Å². The maximum absolute atomic E-state index is 12.7. The van der Waals surface area contributed by atoms with Crippen LogP contribution in [0.2, 0.25) is 5.02 Å². The van der Waals surface area contributed by atoms with Crippen molar-refractivity contribution in [1.82, 2.24) is 9.62 Å². The average Bonchev–Trinajstić information content (AvgIpc) is 2.55. The molecule has 1 heterocycles. The topological polar surface area (TPSA) is 66.5 Å². The molecule has 0 bridgehead atoms. The number of nitrogens with zero attached hydrogens (tertiary/aromatic N) is 1. The second-order valence-electron chi connectivity index (χ2n) is 6.70. The Bertz CT molecular complexity index is 674. The van der Waals surface area contributed by atoms with Gasteiger partial charge in [-0.2, -0.15) is 4.31 Å². The fourth-order valence-corrected chi connectivity index (χ4v) is 4.29. The van der Waals surface area contributed by atoms with Gasteiger partial charge in [0.25, 0.3) is 0 Å². The maximum atomic E-state index is 12.7. The number of carbonyl (C=O) groups excluding carboxylic acids is 1. The Morgan fingerprint density at radius 2 is 1.88 bits per heavy atom. The Morgan fingerprint density at radius 3 is 2.46 bits per heavy atom. The molecular weight excluding hydrogens is 348 g/mol. The monoisotopic (exact) mass is 372 g/mol. The quantitative estimate of drug-likeness (QED) is 0.864. The third kappa shape index (κ3) is 4.49. The standard InChI is InChI=1S/C17H25ClN2O3S/c1-12(2)13(3)19-17(21)14-5-4-10-20(11-14)24(22,23)16-8-6-15(18)7-9-16/h6-9,12-14H,4-5,10-11H2,1-3H3,(H,19,21)/t13-,14-/m0/s1. The Labute approximate surface area is 149 Å². The predicted octanol–water partition coefficient (Wildman–Crippen LogP) is 2.90. The van der Waals surface area contributed by atoms with Crippen LogP contribution in [0.3, 0.4) is 0 Å². The van der Waals surface area contributed by atoms with E-state index in [9.17, 15) is 13.2 Å². The first-order chi connectivity index (χ1) is 11.2. The summed E-state index contributed by atoms with van der Waals surface area (Å²) in [6.07, 6.45) is 1.39. The van der Waals surface area contributed by atoms with E-state index in [1.165, 1.54) is 16.4 Å². The molecule has 1 saturated heterocycles. The summed E-state index contributed by atoms with van der Waals surface area (Å²) in [6, 6.07) is 6.20. The lowest BCUT2D eigenvalue weighted by atomic mass is 9.97. The first-order valence-electron chi connectivity index (χ1n) is 8.28. The van der Waals surface area contributed by atoms with Crippen molar-refractivity contribution in [2.45, 2.75) is 44.6 Å². The first kappa shape index (κ1) is 19.2. The van der Waals surface area contributed by atoms with Crippen molar-refractivity contribution < 1.29 is 13.2 Å². The van der Waals surface area contributed by atoms with Crippen LogP contribution in [-0.2, 0) is 14.8 Å². The zero-order valence-corrected chi connectivity index (χ0v) is 15.9. The van der Waals surface area contributed by atoms with Crippen LogP contribution in [0.15, 0.2) is 29.2 Å². The number of rotatable bonds is 5. The molecule has 0 aromatic heterocycles. The maximum Gasteiger partial charge on any atom is 0.243 e. The predicted molar refractivity (Wildman–Crippen MR) is 95.4 cm³/mol. The van der Waals surface area contributed by atoms with Gasteiger partial charge in [0.1, 0.15) is 0 Å². The van der Waals surface area contributed by atoms with Gasteiger partial charge in [0.2, 0.25) is 15.9 Å². The van der Waals surface area contributed by atoms with E-state index in [-0.39, 0.29) is 29.3 Å². The molecule has 1 aliphatic heterocycles. The number of piperidine rings is 1. The highest BCUT2D eigenvalue weighted by Gasteiger charge is 2.33. The van der Waals surface area contributed by atoms with Crippen LogP contribution >= 0.6 is 11.6 Å². The zero-order chi connectivity index (χ0) is 17.9. The van der Waals surface area contributed by atoms with Gasteiger partial charge in [-0.15, -0.1) is 0 Å². The minimum atomic E-state index is -3.60. The fourth-order valence-electron chi connectivity index (χ4n) is 2.64. The lowest BCUT2D eigenvalue weighted by Crippen LogP contribution is -2.47. The van der Waals surface area contributed by atoms with Gasteiger partial charge in [-0.25, -0.2) is 8.42 Å². The van der Waals surface area contributed by atoms with E-state index in [1.54, 1.807) is 12.1 Å². The fraction of sp³-hybridized carbons (Fsp3) is 0.588. The summed E-state index contributed by atoms with van der Waals surface area (Å²) in [6.45, 7) is 6.72. The molecule has 1 N–H and O–H groups in total. The van der Waals surface area contributed by atoms with Crippen LogP contribution in [0.25, 0.3) is 0 Å². The molecule has 5 nitrogen and oxygen atoms in total. The molecule has 134 valence electrons. The molecule has 0 aliphatic carbocycles. The molecule has 0 saturated carbocycles. The van der Waals surface area contributed by atoms with Crippen molar-refractivity contribution in [3.8, 4) is 0 Å². The number of nitrogens with one attached hydrogen (secondary N) is 1. The lowest BCUT2D eigenvalue weighted by molar-refractivity contribution is -0.127. The van der Waals surface area contributed by atoms with E-state index in [0.717, 1.165) is 0 Å². The van der Waals surface area contributed by atoms with E-state index in [1.807, 2.05) is 20.8 Å². The summed E-state index contributed by atoms with van der Waals surface area (Å²) >= 11 is 5.82. The van der Waals surface area contributed by atoms with Crippen molar-refractivity contribution in [1.29, 1.82) is 0 Å². The highest BCUT2D eigenvalue weighted by molar-refractivity contribution is 7.89. The van der Waals surface area contributed by atoms with Crippen LogP contribution < -0.4 is 5.32 Å². The molecule has 1 aromatic carbocycles. The summed E-state index contributed by atoms with van der Waals surface area (Å²) in [7, 11) is -3.60. The summed E-state index contributed by atoms with van der Waals surface area (Å²) in [5.74, 6) is -0.0272. The van der Waals surface area contributed by atoms with Crippen LogP contribution in [0.1, 0.15) is 33.6 Å². The highest BCUT2D eigenvalue weighted by Crippen LogP contribution is 2.25. The highest BCUT2D eigenvalue weighted by atomic mass is 35.5. The van der Waals surface area contributed by atoms with Gasteiger partial charge in [0, 0.05) is 24.2 Å². The number of hydrogen-bond acceptors (Lipinski definition) is 3. The Kier molecular flexibility index (Phi) is 6.28. The SMILES string of the molecule is CC(C)[C@H](C)NC(=O)[C@H]1CCCN(S(=O)(=O)c2ccc(Cl)cc2)C1. The van der Waals surface area contributed by atoms with Crippen molar-refractivity contribution in [3.05, 3.63) is 29.3 Å². The zero-order valence-electron chi connectivity index (χ0n) is 14.3. The van der Waals surface area contributed by atoms with Crippen molar-refractivity contribution in [2.24, 2.45) is 11.8 Å². The molecule has 2 atom stereocenters. The minimum absolute atomic E-state index is 0.0628. The van der Waals surface area contributed by atoms with Crippen LogP contribution in [0.5, 0.6) is 0 Å². The summed E-state index contributed by atoms with van der Waals surface area (Å²) in [5, 5.41) is 3.48. The molecule has 1 amide bonds. The molecule has 0 unspecified atom stereocenters. The minimum Gasteiger partial charge on any atom is -0.353 e. The smallest absolute Gasteiger partial charge is 0.243 e. The molecule has 0 spiro atoms. The van der Waals surface area contributed by atoms with E-state index in [0.29, 0.717) is 30.3 Å². The molecule has 1 aliphatic rings. The van der Waals surface area contributed by atoms with E-state index < -0.39 is 10.0 Å². The summed E-state index contributed by atoms with van der Waals surface area (Å²) in [5.41, 5.74) is 0. The van der Waals surface area contributed by atoms with Crippen LogP contribution in [0.4, 0.5) is 0 Å². The normalized spacial score (nSPS) is 20.8. The van der Waals surface area contributed by atoms with Gasteiger partial charge >= 0.3 is 0 Å². The summed E-state index contributed by atoms with van der Waals surface area (Å²) < 4.78 is 26.9. The van der Waals surface area contributed by atoms with E-state index >= 15 is 0 Å². The molecule has 7 heteroatoms. The lowest BCUT2D eigenvalue weighted by Gasteiger charge is -2.32. The molecule has 2 rings (SSSR count). The molecular formula is C17H25ClN2O3S. The van der Waals surface area contributed by atoms with E-state index in [2.05, 4.69) is 5.32 Å². The number of halogens is 1. The van der Waals surface area contributed by atoms with Crippen molar-refractivity contribution in [2.75, 3.05) is 13.1 Å². The van der Waals surface area contributed by atoms with Gasteiger partial charge in [0.15, 0.2) is 0 Å². The van der Waals surface area contributed by atoms with Gasteiger partial charge in [-0.05, 0) is 49.9 Å². The number of hydrogen-bond donors (Lipinski definition) is 1. The van der Waals surface area contributed by atoms with Crippen molar-refractivity contribution in [3.63, 3.8) is 0 Å². The second kappa shape index (κ2) is 7.85. The van der Waals surface area contributed by atoms with Crippen LogP contribution in [0, 0.1) is 11.8 Å². The number of sulfonamides is 1. The first-order valence-corrected chi connectivity index (χ1v) is 10.1. The van der Waals surface area contributed by atoms with E-state index in [4.69, 9.17) is 11.6 Å². The third-order valence-electron chi connectivity index (χ3n) is 4.58. The Balaban J connectivity index is 2.09. The number of benzene rings is 1. The Hall–Kier alpha value is -1.11. The molecule has 0 radical (unpaired) electrons. The number of carbonyl (C=O) groups is 1. The van der Waals surface area contributed by atoms with Gasteiger partial charge in [0.05, 0.1) is 10.8 Å². The van der Waals surface area contributed by atoms with Crippen molar-refractivity contribution >= 4 is 27.5 Å². The third-order valence-corrected chi connectivity index (χ3v) is 6.71. The average molecular weight is 373 g/mol. The van der Waals surface area contributed by atoms with Crippen LogP contribution in [-0.4, -0.2) is 37.8 Å². The second-order valence-corrected chi connectivity index (χ2v) is 9.07. The molecule has 24 heavy (non-hydrogen) atoms.